The Kier molecular flexibility index (Phi) is 6.47. The van der Waals surface area contributed by atoms with E-state index in [0.29, 0.717) is 0 Å². The van der Waals surface area contributed by atoms with E-state index in [1.54, 1.807) is 0 Å². The molecule has 1 heterocycles. The van der Waals surface area contributed by atoms with Gasteiger partial charge in [-0.2, -0.15) is 45.6 Å². The fourth-order valence-corrected chi connectivity index (χ4v) is 5.47. The Morgan fingerprint density at radius 3 is 2.00 bits per heavy atom. The Morgan fingerprint density at radius 1 is 0.811 bits per heavy atom. The van der Waals surface area contributed by atoms with E-state index >= 15 is 0 Å². The van der Waals surface area contributed by atoms with Crippen LogP contribution in [-0.4, -0.2) is 56.6 Å². The molecule has 1 atom stereocenters. The Hall–Kier alpha value is -3.61. The molecule has 0 aromatic heterocycles. The zero-order chi connectivity index (χ0) is 27.3. The first-order chi connectivity index (χ1) is 17.1. The summed E-state index contributed by atoms with van der Waals surface area (Å²) in [5.74, 6) is -0.699. The van der Waals surface area contributed by atoms with Gasteiger partial charge in [0.2, 0.25) is 0 Å². The van der Waals surface area contributed by atoms with Gasteiger partial charge in [-0.1, -0.05) is 12.1 Å². The van der Waals surface area contributed by atoms with Gasteiger partial charge in [-0.25, -0.2) is 0 Å². The zero-order valence-electron chi connectivity index (χ0n) is 18.5. The molecular weight excluding hydrogens is 552 g/mol. The molecule has 37 heavy (non-hydrogen) atoms. The van der Waals surface area contributed by atoms with Crippen molar-refractivity contribution in [3.8, 4) is 0 Å². The second-order valence-electron chi connectivity index (χ2n) is 7.72. The van der Waals surface area contributed by atoms with Crippen molar-refractivity contribution in [2.24, 2.45) is 15.3 Å². The van der Waals surface area contributed by atoms with Gasteiger partial charge >= 0.3 is 0 Å². The number of carbonyl (C=O) groups excluding carboxylic acids is 1. The van der Waals surface area contributed by atoms with Crippen LogP contribution < -0.4 is 5.01 Å². The fourth-order valence-electron chi connectivity index (χ4n) is 3.56. The Morgan fingerprint density at radius 2 is 1.43 bits per heavy atom. The first-order valence-electron chi connectivity index (χ1n) is 9.96. The Bertz CT molecular complexity index is 1830. The van der Waals surface area contributed by atoms with E-state index in [1.807, 2.05) is 0 Å². The van der Waals surface area contributed by atoms with E-state index in [-0.39, 0.29) is 27.9 Å². The maximum Gasteiger partial charge on any atom is 0.295 e. The van der Waals surface area contributed by atoms with Crippen LogP contribution in [0.1, 0.15) is 6.92 Å². The number of nitrogens with zero attached hydrogens (tertiary/aromatic N) is 4. The van der Waals surface area contributed by atoms with Crippen LogP contribution in [0.15, 0.2) is 84.6 Å². The molecule has 1 aliphatic heterocycles. The van der Waals surface area contributed by atoms with Gasteiger partial charge in [-0.15, -0.1) is 0 Å². The molecule has 1 aliphatic rings. The third-order valence-electron chi connectivity index (χ3n) is 5.22. The monoisotopic (exact) mass is 568 g/mol. The molecule has 0 spiro atoms. The van der Waals surface area contributed by atoms with E-state index < -0.39 is 57.0 Å². The summed E-state index contributed by atoms with van der Waals surface area (Å²) in [6, 6.07) is 8.75. The molecule has 3 aromatic rings. The van der Waals surface area contributed by atoms with Gasteiger partial charge in [0, 0.05) is 10.8 Å². The largest absolute Gasteiger partial charge is 0.295 e. The first-order valence-corrected chi connectivity index (χ1v) is 14.3. The lowest BCUT2D eigenvalue weighted by Gasteiger charge is -2.12. The first kappa shape index (κ1) is 26.5. The Labute approximate surface area is 210 Å². The number of hydrazone groups is 1. The second kappa shape index (κ2) is 9.05. The predicted molar refractivity (Wildman–Crippen MR) is 129 cm³/mol. The highest BCUT2D eigenvalue weighted by atomic mass is 32.2. The smallest absolute Gasteiger partial charge is 0.282 e. The lowest BCUT2D eigenvalue weighted by Crippen LogP contribution is -2.29. The molecule has 4 rings (SSSR count). The molecule has 0 saturated carbocycles. The van der Waals surface area contributed by atoms with E-state index in [2.05, 4.69) is 15.3 Å². The number of hydrogen-bond donors (Lipinski definition) is 3. The molecule has 0 saturated heterocycles. The lowest BCUT2D eigenvalue weighted by molar-refractivity contribution is -0.117. The van der Waals surface area contributed by atoms with E-state index in [0.717, 1.165) is 35.3 Å². The number of rotatable bonds is 6. The van der Waals surface area contributed by atoms with Gasteiger partial charge in [0.25, 0.3) is 36.3 Å². The molecule has 17 heteroatoms. The summed E-state index contributed by atoms with van der Waals surface area (Å²) in [7, 11) is -14.1. The molecule has 3 aromatic carbocycles. The van der Waals surface area contributed by atoms with Crippen molar-refractivity contribution >= 4 is 64.1 Å². The number of azo groups is 1. The van der Waals surface area contributed by atoms with E-state index in [4.69, 9.17) is 4.55 Å². The van der Waals surface area contributed by atoms with Crippen molar-refractivity contribution in [2.45, 2.75) is 27.7 Å². The molecule has 0 radical (unpaired) electrons. The normalized spacial score (nSPS) is 17.1. The van der Waals surface area contributed by atoms with Crippen LogP contribution >= 0.6 is 0 Å². The predicted octanol–water partition coefficient (Wildman–Crippen LogP) is 2.45. The van der Waals surface area contributed by atoms with Crippen molar-refractivity contribution in [2.75, 3.05) is 5.01 Å². The second-order valence-corrected chi connectivity index (χ2v) is 11.9. The standard InChI is InChI=1S/C20H16N4O10S3/c1-11-19(20(25)24(23-11)13-5-7-14(8-6-13)35(26,27)28)22-21-12-9-16-15(18(10-12)37(32,33)34)3-2-4-17(16)36(29,30)31/h2-10,19H,1H3,(H,26,27,28)(H,29,30,31)(H,32,33,34)/t19-/m1/s1. The number of fused-ring (bicyclic) bond motifs is 1. The van der Waals surface area contributed by atoms with Crippen molar-refractivity contribution in [3.05, 3.63) is 54.6 Å². The highest BCUT2D eigenvalue weighted by molar-refractivity contribution is 7.86. The quantitative estimate of drug-likeness (QED) is 0.291. The van der Waals surface area contributed by atoms with Crippen molar-refractivity contribution in [1.29, 1.82) is 0 Å². The van der Waals surface area contributed by atoms with Crippen LogP contribution in [0.5, 0.6) is 0 Å². The summed E-state index contributed by atoms with van der Waals surface area (Å²) < 4.78 is 98.2. The molecule has 1 amide bonds. The van der Waals surface area contributed by atoms with E-state index in [9.17, 15) is 39.2 Å². The van der Waals surface area contributed by atoms with Gasteiger partial charge in [0.1, 0.15) is 9.79 Å². The molecule has 0 fully saturated rings. The molecule has 0 bridgehead atoms. The fraction of sp³-hybridized carbons (Fsp3) is 0.100. The van der Waals surface area contributed by atoms with Crippen LogP contribution in [-0.2, 0) is 35.1 Å². The molecule has 0 aliphatic carbocycles. The average molecular weight is 569 g/mol. The third kappa shape index (κ3) is 5.26. The van der Waals surface area contributed by atoms with Gasteiger partial charge < -0.3 is 0 Å². The number of carbonyl (C=O) groups is 1. The van der Waals surface area contributed by atoms with Crippen LogP contribution in [0.3, 0.4) is 0 Å². The zero-order valence-corrected chi connectivity index (χ0v) is 20.9. The van der Waals surface area contributed by atoms with Crippen molar-refractivity contribution in [1.82, 2.24) is 0 Å². The molecular formula is C20H16N4O10S3. The number of anilines is 1. The summed E-state index contributed by atoms with van der Waals surface area (Å²) in [4.78, 5) is 11.2. The summed E-state index contributed by atoms with van der Waals surface area (Å²) in [6.45, 7) is 1.45. The van der Waals surface area contributed by atoms with Crippen molar-refractivity contribution < 1.29 is 43.7 Å². The van der Waals surface area contributed by atoms with Crippen LogP contribution in [0, 0.1) is 0 Å². The summed E-state index contributed by atoms with van der Waals surface area (Å²) in [6.07, 6.45) is 0. The summed E-state index contributed by atoms with van der Waals surface area (Å²) in [5, 5.41) is 12.3. The Balaban J connectivity index is 1.73. The van der Waals surface area contributed by atoms with Gasteiger partial charge in [0.05, 0.1) is 22.0 Å². The highest BCUT2D eigenvalue weighted by Gasteiger charge is 2.35. The molecule has 14 nitrogen and oxygen atoms in total. The summed E-state index contributed by atoms with van der Waals surface area (Å²) in [5.41, 5.74) is 0.0708. The van der Waals surface area contributed by atoms with Crippen LogP contribution in [0.4, 0.5) is 11.4 Å². The van der Waals surface area contributed by atoms with Crippen LogP contribution in [0.25, 0.3) is 10.8 Å². The molecule has 0 unspecified atom stereocenters. The van der Waals surface area contributed by atoms with Crippen LogP contribution in [0.2, 0.25) is 0 Å². The van der Waals surface area contributed by atoms with Gasteiger partial charge in [-0.05, 0) is 49.4 Å². The minimum atomic E-state index is -4.87. The SMILES string of the molecule is CC1=NN(c2ccc(S(=O)(=O)O)cc2)C(=O)[C@@H]1N=Nc1cc(S(=O)(=O)O)c2cccc(S(=O)(=O)O)c2c1. The molecule has 3 N–H and O–H groups in total. The maximum atomic E-state index is 12.9. The maximum absolute atomic E-state index is 12.9. The number of amides is 1. The van der Waals surface area contributed by atoms with E-state index in [1.165, 1.54) is 31.2 Å². The summed E-state index contributed by atoms with van der Waals surface area (Å²) >= 11 is 0. The minimum Gasteiger partial charge on any atom is -0.282 e. The topological polar surface area (TPSA) is 220 Å². The minimum absolute atomic E-state index is 0.159. The number of benzene rings is 3. The van der Waals surface area contributed by atoms with Gasteiger partial charge in [0.15, 0.2) is 6.04 Å². The lowest BCUT2D eigenvalue weighted by atomic mass is 10.1. The van der Waals surface area contributed by atoms with Gasteiger partial charge in [-0.3, -0.25) is 18.5 Å². The highest BCUT2D eigenvalue weighted by Crippen LogP contribution is 2.33. The van der Waals surface area contributed by atoms with Crippen molar-refractivity contribution in [3.63, 3.8) is 0 Å². The third-order valence-corrected chi connectivity index (χ3v) is 7.90. The number of hydrogen-bond acceptors (Lipinski definition) is 10. The average Bonchev–Trinajstić information content (AvgIpc) is 3.08. The molecule has 194 valence electrons.